The van der Waals surface area contributed by atoms with Crippen molar-refractivity contribution in [3.63, 3.8) is 0 Å². The highest BCUT2D eigenvalue weighted by atomic mass is 16.5. The molecule has 128 valence electrons. The molecule has 4 N–H and O–H groups in total. The predicted molar refractivity (Wildman–Crippen MR) is 93.7 cm³/mol. The summed E-state index contributed by atoms with van der Waals surface area (Å²) in [6.45, 7) is 2.14. The third-order valence-electron chi connectivity index (χ3n) is 4.06. The van der Waals surface area contributed by atoms with Crippen molar-refractivity contribution in [2.24, 2.45) is 5.73 Å². The maximum atomic E-state index is 11.8. The molecule has 0 spiro atoms. The van der Waals surface area contributed by atoms with E-state index in [1.54, 1.807) is 0 Å². The fraction of sp³-hybridized carbons (Fsp3) is 0.316. The van der Waals surface area contributed by atoms with Crippen molar-refractivity contribution < 1.29 is 14.6 Å². The Morgan fingerprint density at radius 3 is 2.46 bits per heavy atom. The van der Waals surface area contributed by atoms with Gasteiger partial charge in [-0.1, -0.05) is 36.4 Å². The second-order valence-electron chi connectivity index (χ2n) is 5.93. The molecule has 2 aromatic rings. The first kappa shape index (κ1) is 18.0. The van der Waals surface area contributed by atoms with Gasteiger partial charge in [-0.2, -0.15) is 0 Å². The molecule has 5 heteroatoms. The second kappa shape index (κ2) is 7.95. The van der Waals surface area contributed by atoms with Gasteiger partial charge in [0, 0.05) is 13.5 Å². The van der Waals surface area contributed by atoms with E-state index < -0.39 is 12.1 Å². The Balaban J connectivity index is 2.00. The van der Waals surface area contributed by atoms with Crippen LogP contribution in [0, 0.1) is 6.92 Å². The number of aliphatic hydroxyl groups excluding tert-OH is 1. The Morgan fingerprint density at radius 2 is 1.88 bits per heavy atom. The summed E-state index contributed by atoms with van der Waals surface area (Å²) in [5.41, 5.74) is 7.85. The van der Waals surface area contributed by atoms with E-state index in [-0.39, 0.29) is 12.3 Å². The minimum atomic E-state index is -1.32. The van der Waals surface area contributed by atoms with Gasteiger partial charge in [-0.15, -0.1) is 0 Å². The number of carbonyl (C=O) groups excluding carboxylic acids is 1. The summed E-state index contributed by atoms with van der Waals surface area (Å²) in [6, 6.07) is 15.5. The molecular formula is C19H24N2O3. The van der Waals surface area contributed by atoms with Gasteiger partial charge in [-0.25, -0.2) is 0 Å². The summed E-state index contributed by atoms with van der Waals surface area (Å²) in [6.07, 6.45) is 0.251. The van der Waals surface area contributed by atoms with Crippen LogP contribution in [0.15, 0.2) is 48.5 Å². The molecule has 0 aliphatic heterocycles. The number of nitrogens with one attached hydrogen (secondary N) is 1. The largest absolute Gasteiger partial charge is 0.489 e. The zero-order chi connectivity index (χ0) is 17.6. The summed E-state index contributed by atoms with van der Waals surface area (Å²) < 4.78 is 5.79. The number of rotatable bonds is 7. The molecule has 0 aliphatic rings. The number of benzene rings is 2. The fourth-order valence-corrected chi connectivity index (χ4v) is 2.46. The van der Waals surface area contributed by atoms with Crippen molar-refractivity contribution in [1.82, 2.24) is 5.32 Å². The molecule has 2 aromatic carbocycles. The topological polar surface area (TPSA) is 84.6 Å². The molecule has 0 radical (unpaired) electrons. The van der Waals surface area contributed by atoms with Gasteiger partial charge in [-0.3, -0.25) is 4.79 Å². The van der Waals surface area contributed by atoms with Crippen molar-refractivity contribution in [3.8, 4) is 5.75 Å². The Hall–Kier alpha value is -2.37. The van der Waals surface area contributed by atoms with Gasteiger partial charge >= 0.3 is 0 Å². The van der Waals surface area contributed by atoms with E-state index in [1.165, 1.54) is 12.6 Å². The van der Waals surface area contributed by atoms with E-state index in [2.05, 4.69) is 18.3 Å². The Bertz CT molecular complexity index is 685. The van der Waals surface area contributed by atoms with Crippen LogP contribution < -0.4 is 15.8 Å². The van der Waals surface area contributed by atoms with Crippen LogP contribution in [0.1, 0.15) is 16.7 Å². The number of nitrogens with two attached hydrogens (primary N) is 1. The lowest BCUT2D eigenvalue weighted by Crippen LogP contribution is -2.57. The lowest BCUT2D eigenvalue weighted by molar-refractivity contribution is -0.127. The van der Waals surface area contributed by atoms with Crippen LogP contribution >= 0.6 is 0 Å². The van der Waals surface area contributed by atoms with Crippen LogP contribution in [0.3, 0.4) is 0 Å². The zero-order valence-corrected chi connectivity index (χ0v) is 14.1. The first-order valence-corrected chi connectivity index (χ1v) is 7.86. The Kier molecular flexibility index (Phi) is 5.95. The molecule has 0 fully saturated rings. The molecule has 0 heterocycles. The van der Waals surface area contributed by atoms with Gasteiger partial charge in [0.1, 0.15) is 17.9 Å². The molecule has 1 amide bonds. The van der Waals surface area contributed by atoms with Crippen LogP contribution in [-0.2, 0) is 17.8 Å². The van der Waals surface area contributed by atoms with Crippen molar-refractivity contribution in [3.05, 3.63) is 65.2 Å². The second-order valence-corrected chi connectivity index (χ2v) is 5.93. The molecule has 0 saturated heterocycles. The molecule has 2 rings (SSSR count). The van der Waals surface area contributed by atoms with Gasteiger partial charge in [0.2, 0.25) is 5.91 Å². The van der Waals surface area contributed by atoms with Gasteiger partial charge in [0.15, 0.2) is 0 Å². The normalized spacial score (nSPS) is 13.2. The quantitative estimate of drug-likeness (QED) is 0.720. The number of hydrogen-bond donors (Lipinski definition) is 3. The summed E-state index contributed by atoms with van der Waals surface area (Å²) in [5, 5.41) is 11.9. The molecule has 0 aliphatic carbocycles. The molecule has 0 saturated carbocycles. The van der Waals surface area contributed by atoms with Crippen molar-refractivity contribution >= 4 is 5.91 Å². The minimum Gasteiger partial charge on any atom is -0.489 e. The maximum absolute atomic E-state index is 11.8. The lowest BCUT2D eigenvalue weighted by Gasteiger charge is -2.25. The van der Waals surface area contributed by atoms with Crippen LogP contribution in [0.2, 0.25) is 0 Å². The van der Waals surface area contributed by atoms with Gasteiger partial charge in [-0.05, 0) is 35.7 Å². The third-order valence-corrected chi connectivity index (χ3v) is 4.06. The van der Waals surface area contributed by atoms with Gasteiger partial charge in [0.25, 0.3) is 0 Å². The number of aryl methyl sites for hydroxylation is 1. The highest BCUT2D eigenvalue weighted by Crippen LogP contribution is 2.18. The zero-order valence-electron chi connectivity index (χ0n) is 14.1. The molecule has 1 unspecified atom stereocenters. The van der Waals surface area contributed by atoms with E-state index >= 15 is 0 Å². The van der Waals surface area contributed by atoms with Crippen LogP contribution in [-0.4, -0.2) is 30.2 Å². The standard InChI is InChI=1S/C19H24N2O3/c1-14-5-3-4-6-16(14)12-24-17-9-7-15(8-10-17)11-19(20,13-22)18(23)21-2/h3-10,22H,11-13,20H2,1-2H3,(H,21,23). The van der Waals surface area contributed by atoms with E-state index in [1.807, 2.05) is 42.5 Å². The molecule has 5 nitrogen and oxygen atoms in total. The van der Waals surface area contributed by atoms with E-state index in [0.717, 1.165) is 16.9 Å². The van der Waals surface area contributed by atoms with Gasteiger partial charge in [0.05, 0.1) is 6.61 Å². The van der Waals surface area contributed by atoms with E-state index in [4.69, 9.17) is 10.5 Å². The maximum Gasteiger partial charge on any atom is 0.242 e. The van der Waals surface area contributed by atoms with Crippen molar-refractivity contribution in [2.75, 3.05) is 13.7 Å². The SMILES string of the molecule is CNC(=O)C(N)(CO)Cc1ccc(OCc2ccccc2C)cc1. The number of aliphatic hydroxyl groups is 1. The molecular weight excluding hydrogens is 304 g/mol. The molecule has 1 atom stereocenters. The molecule has 0 aromatic heterocycles. The number of ether oxygens (including phenoxy) is 1. The van der Waals surface area contributed by atoms with E-state index in [0.29, 0.717) is 6.61 Å². The Morgan fingerprint density at radius 1 is 1.21 bits per heavy atom. The lowest BCUT2D eigenvalue weighted by atomic mass is 9.91. The van der Waals surface area contributed by atoms with Crippen molar-refractivity contribution in [2.45, 2.75) is 25.5 Å². The first-order valence-electron chi connectivity index (χ1n) is 7.86. The number of likely N-dealkylation sites (N-methyl/N-ethyl adjacent to an activating group) is 1. The monoisotopic (exact) mass is 328 g/mol. The number of hydrogen-bond acceptors (Lipinski definition) is 4. The van der Waals surface area contributed by atoms with Crippen LogP contribution in [0.5, 0.6) is 5.75 Å². The highest BCUT2D eigenvalue weighted by molar-refractivity contribution is 5.86. The van der Waals surface area contributed by atoms with Crippen LogP contribution in [0.25, 0.3) is 0 Å². The minimum absolute atomic E-state index is 0.251. The van der Waals surface area contributed by atoms with Gasteiger partial charge < -0.3 is 20.9 Å². The molecule has 0 bridgehead atoms. The van der Waals surface area contributed by atoms with Crippen LogP contribution in [0.4, 0.5) is 0 Å². The summed E-state index contributed by atoms with van der Waals surface area (Å²) in [4.78, 5) is 11.8. The number of carbonyl (C=O) groups is 1. The van der Waals surface area contributed by atoms with Crippen molar-refractivity contribution in [1.29, 1.82) is 0 Å². The third kappa shape index (κ3) is 4.34. The predicted octanol–water partition coefficient (Wildman–Crippen LogP) is 1.55. The summed E-state index contributed by atoms with van der Waals surface area (Å²) in [7, 11) is 1.50. The fourth-order valence-electron chi connectivity index (χ4n) is 2.46. The Labute approximate surface area is 142 Å². The smallest absolute Gasteiger partial charge is 0.242 e. The highest BCUT2D eigenvalue weighted by Gasteiger charge is 2.32. The summed E-state index contributed by atoms with van der Waals surface area (Å²) in [5.74, 6) is 0.360. The number of amides is 1. The average molecular weight is 328 g/mol. The first-order chi connectivity index (χ1) is 11.5. The average Bonchev–Trinajstić information content (AvgIpc) is 2.61. The molecule has 24 heavy (non-hydrogen) atoms. The summed E-state index contributed by atoms with van der Waals surface area (Å²) >= 11 is 0. The van der Waals surface area contributed by atoms with E-state index in [9.17, 15) is 9.90 Å².